The number of amidine groups is 1. The van der Waals surface area contributed by atoms with E-state index in [2.05, 4.69) is 10.3 Å². The van der Waals surface area contributed by atoms with E-state index in [0.29, 0.717) is 44.0 Å². The quantitative estimate of drug-likeness (QED) is 0.751. The number of halogens is 1. The van der Waals surface area contributed by atoms with Crippen LogP contribution in [0.25, 0.3) is 0 Å². The summed E-state index contributed by atoms with van der Waals surface area (Å²) in [6.07, 6.45) is 6.02. The standard InChI is InChI=1S/C14H24N4O3S2.ClH/c1-23(20,21)18-8-6-17(7-9-18)13(19)10-22-14-15-11-4-2-3-5-12(11)16-14;/h11-12H,2-10H2,1H3,(H,15,16);1H. The number of sulfonamides is 1. The summed E-state index contributed by atoms with van der Waals surface area (Å²) in [5, 5.41) is 4.33. The number of thioether (sulfide) groups is 1. The van der Waals surface area contributed by atoms with Crippen molar-refractivity contribution in [3.63, 3.8) is 0 Å². The topological polar surface area (TPSA) is 82.1 Å². The Hall–Kier alpha value is -0.510. The SMILES string of the molecule is CS(=O)(=O)N1CCN(C(=O)CSC2=NC3CCCCC3N2)CC1.Cl. The molecule has 1 aliphatic carbocycles. The fourth-order valence-corrected chi connectivity index (χ4v) is 5.06. The van der Waals surface area contributed by atoms with Gasteiger partial charge >= 0.3 is 0 Å². The van der Waals surface area contributed by atoms with Crippen molar-refractivity contribution < 1.29 is 13.2 Å². The second-order valence-corrected chi connectivity index (χ2v) is 9.31. The molecule has 3 aliphatic rings. The first kappa shape index (κ1) is 19.8. The number of amides is 1. The number of carbonyl (C=O) groups is 1. The number of piperazine rings is 1. The largest absolute Gasteiger partial charge is 0.360 e. The lowest BCUT2D eigenvalue weighted by atomic mass is 9.92. The fraction of sp³-hybridized carbons (Fsp3) is 0.857. The van der Waals surface area contributed by atoms with Gasteiger partial charge in [0, 0.05) is 26.2 Å². The average Bonchev–Trinajstić information content (AvgIpc) is 2.95. The first-order valence-corrected chi connectivity index (χ1v) is 11.0. The predicted octanol–water partition coefficient (Wildman–Crippen LogP) is 0.516. The van der Waals surface area contributed by atoms with Crippen molar-refractivity contribution in [3.8, 4) is 0 Å². The number of aliphatic imine (C=N–C) groups is 1. The molecule has 0 aromatic heterocycles. The third-order valence-corrected chi connectivity index (χ3v) is 6.91. The monoisotopic (exact) mass is 396 g/mol. The average molecular weight is 397 g/mol. The van der Waals surface area contributed by atoms with Crippen molar-refractivity contribution in [2.24, 2.45) is 4.99 Å². The lowest BCUT2D eigenvalue weighted by Gasteiger charge is -2.33. The van der Waals surface area contributed by atoms with Crippen LogP contribution in [-0.2, 0) is 14.8 Å². The van der Waals surface area contributed by atoms with Gasteiger partial charge in [-0.05, 0) is 12.8 Å². The summed E-state index contributed by atoms with van der Waals surface area (Å²) < 4.78 is 24.4. The Morgan fingerprint density at radius 1 is 1.25 bits per heavy atom. The Labute approximate surface area is 154 Å². The Kier molecular flexibility index (Phi) is 6.81. The summed E-state index contributed by atoms with van der Waals surface area (Å²) in [5.74, 6) is 0.423. The van der Waals surface area contributed by atoms with Crippen molar-refractivity contribution in [2.45, 2.75) is 37.8 Å². The van der Waals surface area contributed by atoms with Crippen molar-refractivity contribution in [3.05, 3.63) is 0 Å². The highest BCUT2D eigenvalue weighted by molar-refractivity contribution is 8.14. The Balaban J connectivity index is 0.00000208. The summed E-state index contributed by atoms with van der Waals surface area (Å²) in [4.78, 5) is 18.7. The van der Waals surface area contributed by atoms with E-state index in [9.17, 15) is 13.2 Å². The molecule has 2 heterocycles. The van der Waals surface area contributed by atoms with E-state index in [1.165, 1.54) is 41.6 Å². The zero-order valence-corrected chi connectivity index (χ0v) is 16.3. The molecule has 3 rings (SSSR count). The molecule has 1 saturated carbocycles. The smallest absolute Gasteiger partial charge is 0.233 e. The van der Waals surface area contributed by atoms with Crippen LogP contribution in [0.4, 0.5) is 0 Å². The number of carbonyl (C=O) groups excluding carboxylic acids is 1. The lowest BCUT2D eigenvalue weighted by molar-refractivity contribution is -0.129. The van der Waals surface area contributed by atoms with E-state index in [1.54, 1.807) is 4.90 Å². The fourth-order valence-electron chi connectivity index (χ4n) is 3.35. The maximum Gasteiger partial charge on any atom is 0.233 e. The van der Waals surface area contributed by atoms with Gasteiger partial charge in [0.05, 0.1) is 24.1 Å². The lowest BCUT2D eigenvalue weighted by Crippen LogP contribution is -2.50. The first-order chi connectivity index (χ1) is 10.9. The minimum atomic E-state index is -3.15. The minimum Gasteiger partial charge on any atom is -0.360 e. The van der Waals surface area contributed by atoms with Gasteiger partial charge < -0.3 is 10.2 Å². The van der Waals surface area contributed by atoms with Gasteiger partial charge in [-0.1, -0.05) is 24.6 Å². The molecule has 1 amide bonds. The molecule has 0 aromatic rings. The summed E-state index contributed by atoms with van der Waals surface area (Å²) in [5.41, 5.74) is 0. The van der Waals surface area contributed by atoms with Crippen LogP contribution in [0.15, 0.2) is 4.99 Å². The van der Waals surface area contributed by atoms with E-state index in [1.807, 2.05) is 0 Å². The molecule has 1 N–H and O–H groups in total. The van der Waals surface area contributed by atoms with Gasteiger partial charge in [-0.15, -0.1) is 12.4 Å². The molecule has 2 atom stereocenters. The molecule has 0 bridgehead atoms. The Morgan fingerprint density at radius 2 is 1.92 bits per heavy atom. The maximum atomic E-state index is 12.3. The second kappa shape index (κ2) is 8.25. The van der Waals surface area contributed by atoms with Crippen LogP contribution < -0.4 is 5.32 Å². The van der Waals surface area contributed by atoms with E-state index in [4.69, 9.17) is 0 Å². The molecule has 0 spiro atoms. The molecule has 138 valence electrons. The van der Waals surface area contributed by atoms with E-state index in [0.717, 1.165) is 11.6 Å². The Morgan fingerprint density at radius 3 is 2.54 bits per heavy atom. The normalized spacial score (nSPS) is 27.7. The molecule has 1 saturated heterocycles. The van der Waals surface area contributed by atoms with Gasteiger partial charge in [0.2, 0.25) is 15.9 Å². The number of fused-ring (bicyclic) bond motifs is 1. The summed E-state index contributed by atoms with van der Waals surface area (Å²) in [7, 11) is -3.15. The van der Waals surface area contributed by atoms with Crippen LogP contribution in [0.3, 0.4) is 0 Å². The summed E-state index contributed by atoms with van der Waals surface area (Å²) in [6, 6.07) is 0.847. The zero-order chi connectivity index (χ0) is 16.4. The first-order valence-electron chi connectivity index (χ1n) is 8.13. The van der Waals surface area contributed by atoms with Crippen LogP contribution in [0.1, 0.15) is 25.7 Å². The molecule has 0 radical (unpaired) electrons. The van der Waals surface area contributed by atoms with Crippen molar-refractivity contribution in [1.82, 2.24) is 14.5 Å². The van der Waals surface area contributed by atoms with E-state index >= 15 is 0 Å². The molecular weight excluding hydrogens is 372 g/mol. The van der Waals surface area contributed by atoms with Gasteiger partial charge in [0.25, 0.3) is 0 Å². The van der Waals surface area contributed by atoms with Gasteiger partial charge in [0.1, 0.15) is 0 Å². The molecule has 7 nitrogen and oxygen atoms in total. The van der Waals surface area contributed by atoms with Crippen molar-refractivity contribution in [2.75, 3.05) is 38.2 Å². The van der Waals surface area contributed by atoms with E-state index in [-0.39, 0.29) is 18.3 Å². The number of hydrogen-bond acceptors (Lipinski definition) is 6. The van der Waals surface area contributed by atoms with Crippen LogP contribution in [0.5, 0.6) is 0 Å². The third-order valence-electron chi connectivity index (χ3n) is 4.71. The number of nitrogens with zero attached hydrogens (tertiary/aromatic N) is 3. The summed E-state index contributed by atoms with van der Waals surface area (Å²) >= 11 is 1.47. The summed E-state index contributed by atoms with van der Waals surface area (Å²) in [6.45, 7) is 1.71. The number of nitrogens with one attached hydrogen (secondary N) is 1. The molecule has 2 aliphatic heterocycles. The predicted molar refractivity (Wildman–Crippen MR) is 99.3 cm³/mol. The maximum absolute atomic E-state index is 12.3. The molecule has 2 fully saturated rings. The van der Waals surface area contributed by atoms with Gasteiger partial charge in [0.15, 0.2) is 5.17 Å². The Bertz CT molecular complexity index is 591. The third kappa shape index (κ3) is 4.77. The number of rotatable bonds is 3. The highest BCUT2D eigenvalue weighted by Gasteiger charge is 2.31. The highest BCUT2D eigenvalue weighted by Crippen LogP contribution is 2.27. The number of hydrogen-bond donors (Lipinski definition) is 1. The molecule has 24 heavy (non-hydrogen) atoms. The van der Waals surface area contributed by atoms with Crippen molar-refractivity contribution >= 4 is 45.3 Å². The van der Waals surface area contributed by atoms with Gasteiger partial charge in [-0.25, -0.2) is 8.42 Å². The molecule has 0 aromatic carbocycles. The van der Waals surface area contributed by atoms with E-state index < -0.39 is 10.0 Å². The van der Waals surface area contributed by atoms with Crippen LogP contribution in [0, 0.1) is 0 Å². The van der Waals surface area contributed by atoms with Crippen LogP contribution >= 0.6 is 24.2 Å². The molecule has 10 heteroatoms. The van der Waals surface area contributed by atoms with Gasteiger partial charge in [-0.3, -0.25) is 9.79 Å². The van der Waals surface area contributed by atoms with Gasteiger partial charge in [-0.2, -0.15) is 4.31 Å². The molecular formula is C14H25ClN4O3S2. The van der Waals surface area contributed by atoms with Crippen LogP contribution in [-0.4, -0.2) is 79.0 Å². The second-order valence-electron chi connectivity index (χ2n) is 6.37. The van der Waals surface area contributed by atoms with Crippen molar-refractivity contribution in [1.29, 1.82) is 0 Å². The zero-order valence-electron chi connectivity index (χ0n) is 13.8. The minimum absolute atomic E-state index is 0. The highest BCUT2D eigenvalue weighted by atomic mass is 35.5. The molecule has 2 unspecified atom stereocenters. The van der Waals surface area contributed by atoms with Crippen LogP contribution in [0.2, 0.25) is 0 Å².